The molecule has 1 amide bonds. The van der Waals surface area contributed by atoms with Crippen molar-refractivity contribution in [3.63, 3.8) is 0 Å². The lowest BCUT2D eigenvalue weighted by atomic mass is 10.2. The van der Waals surface area contributed by atoms with Crippen LogP contribution in [0, 0.1) is 5.82 Å². The molecule has 0 unspecified atom stereocenters. The summed E-state index contributed by atoms with van der Waals surface area (Å²) in [6, 6.07) is 9.92. The molecular formula is C22H20F4N4O3S. The molecule has 1 aromatic heterocycles. The fourth-order valence-corrected chi connectivity index (χ4v) is 5.27. The number of alkyl halides is 3. The number of amides is 1. The Hall–Kier alpha value is -3.25. The van der Waals surface area contributed by atoms with Crippen molar-refractivity contribution < 1.29 is 30.8 Å². The maximum atomic E-state index is 14.1. The Balaban J connectivity index is 1.59. The Bertz CT molecular complexity index is 1300. The summed E-state index contributed by atoms with van der Waals surface area (Å²) in [4.78, 5) is 12.7. The Kier molecular flexibility index (Phi) is 6.45. The number of hydrogen-bond acceptors (Lipinski definition) is 4. The largest absolute Gasteiger partial charge is 0.434 e. The highest BCUT2D eigenvalue weighted by atomic mass is 32.2. The van der Waals surface area contributed by atoms with Gasteiger partial charge in [0.2, 0.25) is 10.0 Å². The number of rotatable bonds is 5. The third-order valence-corrected chi connectivity index (χ3v) is 7.34. The van der Waals surface area contributed by atoms with E-state index in [0.717, 1.165) is 31.4 Å². The zero-order valence-corrected chi connectivity index (χ0v) is 18.5. The first-order valence-electron chi connectivity index (χ1n) is 10.4. The highest BCUT2D eigenvalue weighted by molar-refractivity contribution is 7.89. The van der Waals surface area contributed by atoms with Gasteiger partial charge in [-0.15, -0.1) is 0 Å². The quantitative estimate of drug-likeness (QED) is 0.529. The molecule has 1 saturated heterocycles. The van der Waals surface area contributed by atoms with Gasteiger partial charge in [-0.25, -0.2) is 17.5 Å². The van der Waals surface area contributed by atoms with Crippen LogP contribution in [0.25, 0.3) is 5.69 Å². The zero-order valence-electron chi connectivity index (χ0n) is 17.7. The number of halogens is 4. The molecule has 34 heavy (non-hydrogen) atoms. The van der Waals surface area contributed by atoms with Gasteiger partial charge in [-0.05, 0) is 49.2 Å². The third-order valence-electron chi connectivity index (χ3n) is 5.43. The molecular weight excluding hydrogens is 476 g/mol. The van der Waals surface area contributed by atoms with E-state index < -0.39 is 44.9 Å². The SMILES string of the molecule is O=C(Nc1ccc(S(=O)(=O)N2CCCCC2)cc1)c1cnn(-c2ccccc2F)c1C(F)(F)F. The van der Waals surface area contributed by atoms with E-state index in [1.54, 1.807) is 0 Å². The van der Waals surface area contributed by atoms with Gasteiger partial charge in [0.1, 0.15) is 11.5 Å². The van der Waals surface area contributed by atoms with E-state index in [1.807, 2.05) is 0 Å². The lowest BCUT2D eigenvalue weighted by Crippen LogP contribution is -2.35. The minimum absolute atomic E-state index is 0.0238. The molecule has 7 nitrogen and oxygen atoms in total. The second-order valence-electron chi connectivity index (χ2n) is 7.71. The molecule has 0 bridgehead atoms. The first kappa shape index (κ1) is 23.9. The van der Waals surface area contributed by atoms with E-state index >= 15 is 0 Å². The van der Waals surface area contributed by atoms with Crippen molar-refractivity contribution in [3.05, 3.63) is 71.8 Å². The van der Waals surface area contributed by atoms with E-state index in [0.29, 0.717) is 24.0 Å². The molecule has 0 spiro atoms. The van der Waals surface area contributed by atoms with E-state index in [4.69, 9.17) is 0 Å². The summed E-state index contributed by atoms with van der Waals surface area (Å²) in [5.41, 5.74) is -2.60. The second kappa shape index (κ2) is 9.18. The molecule has 4 rings (SSSR count). The number of carbonyl (C=O) groups is 1. The molecule has 1 aliphatic heterocycles. The number of benzene rings is 2. The summed E-state index contributed by atoms with van der Waals surface area (Å²) in [5.74, 6) is -2.06. The molecule has 0 saturated carbocycles. The summed E-state index contributed by atoms with van der Waals surface area (Å²) < 4.78 is 82.6. The summed E-state index contributed by atoms with van der Waals surface area (Å²) >= 11 is 0. The fourth-order valence-electron chi connectivity index (χ4n) is 3.76. The van der Waals surface area contributed by atoms with Gasteiger partial charge < -0.3 is 5.32 Å². The maximum Gasteiger partial charge on any atom is 0.434 e. The van der Waals surface area contributed by atoms with Crippen LogP contribution >= 0.6 is 0 Å². The number of nitrogens with one attached hydrogen (secondary N) is 1. The highest BCUT2D eigenvalue weighted by Gasteiger charge is 2.41. The number of carbonyl (C=O) groups excluding carboxylic acids is 1. The molecule has 12 heteroatoms. The molecule has 2 heterocycles. The third kappa shape index (κ3) is 4.68. The first-order chi connectivity index (χ1) is 16.1. The average Bonchev–Trinajstić information content (AvgIpc) is 3.26. The van der Waals surface area contributed by atoms with Crippen molar-refractivity contribution in [1.29, 1.82) is 0 Å². The lowest BCUT2D eigenvalue weighted by Gasteiger charge is -2.25. The van der Waals surface area contributed by atoms with Crippen LogP contribution in [0.5, 0.6) is 0 Å². The van der Waals surface area contributed by atoms with Gasteiger partial charge in [0.25, 0.3) is 5.91 Å². The van der Waals surface area contributed by atoms with Crippen LogP contribution < -0.4 is 5.32 Å². The number of sulfonamides is 1. The van der Waals surface area contributed by atoms with E-state index in [-0.39, 0.29) is 10.6 Å². The number of aromatic nitrogens is 2. The van der Waals surface area contributed by atoms with E-state index in [9.17, 15) is 30.8 Å². The van der Waals surface area contributed by atoms with Crippen molar-refractivity contribution in [1.82, 2.24) is 14.1 Å². The molecule has 0 aliphatic carbocycles. The number of nitrogens with zero attached hydrogens (tertiary/aromatic N) is 3. The van der Waals surface area contributed by atoms with Gasteiger partial charge in [0.15, 0.2) is 5.69 Å². The Morgan fingerprint density at radius 1 is 0.971 bits per heavy atom. The number of para-hydroxylation sites is 1. The van der Waals surface area contributed by atoms with E-state index in [2.05, 4.69) is 10.4 Å². The van der Waals surface area contributed by atoms with Gasteiger partial charge in [-0.2, -0.15) is 22.6 Å². The molecule has 3 aromatic rings. The van der Waals surface area contributed by atoms with Crippen molar-refractivity contribution in [3.8, 4) is 5.69 Å². The lowest BCUT2D eigenvalue weighted by molar-refractivity contribution is -0.143. The van der Waals surface area contributed by atoms with Crippen LogP contribution in [0.2, 0.25) is 0 Å². The van der Waals surface area contributed by atoms with Gasteiger partial charge in [-0.3, -0.25) is 4.79 Å². The standard InChI is InChI=1S/C22H20F4N4O3S/c23-18-6-2-3-7-19(18)30-20(22(24,25)26)17(14-27-30)21(31)28-15-8-10-16(11-9-15)34(32,33)29-12-4-1-5-13-29/h2-3,6-11,14H,1,4-5,12-13H2,(H,28,31). The molecule has 1 N–H and O–H groups in total. The van der Waals surface area contributed by atoms with Crippen LogP contribution in [0.15, 0.2) is 59.6 Å². The van der Waals surface area contributed by atoms with Crippen molar-refractivity contribution in [2.45, 2.75) is 30.3 Å². The Morgan fingerprint density at radius 2 is 1.62 bits per heavy atom. The molecule has 1 aliphatic rings. The van der Waals surface area contributed by atoms with Crippen molar-refractivity contribution >= 4 is 21.6 Å². The fraction of sp³-hybridized carbons (Fsp3) is 0.273. The van der Waals surface area contributed by atoms with Gasteiger partial charge in [0.05, 0.1) is 16.7 Å². The first-order valence-corrected chi connectivity index (χ1v) is 11.8. The summed E-state index contributed by atoms with van der Waals surface area (Å²) in [6.07, 6.45) is -1.78. The zero-order chi connectivity index (χ0) is 24.5. The summed E-state index contributed by atoms with van der Waals surface area (Å²) in [7, 11) is -3.69. The molecule has 180 valence electrons. The van der Waals surface area contributed by atoms with Gasteiger partial charge in [0, 0.05) is 18.8 Å². The number of hydrogen-bond donors (Lipinski definition) is 1. The molecule has 0 radical (unpaired) electrons. The highest BCUT2D eigenvalue weighted by Crippen LogP contribution is 2.34. The summed E-state index contributed by atoms with van der Waals surface area (Å²) in [6.45, 7) is 0.847. The van der Waals surface area contributed by atoms with Crippen molar-refractivity contribution in [2.24, 2.45) is 0 Å². The van der Waals surface area contributed by atoms with Crippen LogP contribution in [0.1, 0.15) is 35.3 Å². The Labute approximate surface area is 193 Å². The van der Waals surface area contributed by atoms with Crippen LogP contribution in [0.4, 0.5) is 23.2 Å². The Morgan fingerprint density at radius 3 is 2.24 bits per heavy atom. The predicted octanol–water partition coefficient (Wildman–Crippen LogP) is 4.46. The number of anilines is 1. The molecule has 2 aromatic carbocycles. The molecule has 1 fully saturated rings. The topological polar surface area (TPSA) is 84.3 Å². The smallest absolute Gasteiger partial charge is 0.322 e. The van der Waals surface area contributed by atoms with Crippen molar-refractivity contribution in [2.75, 3.05) is 18.4 Å². The normalized spacial score (nSPS) is 15.3. The maximum absolute atomic E-state index is 14.1. The monoisotopic (exact) mass is 496 g/mol. The van der Waals surface area contributed by atoms with Crippen LogP contribution in [0.3, 0.4) is 0 Å². The van der Waals surface area contributed by atoms with E-state index in [1.165, 1.54) is 40.7 Å². The van der Waals surface area contributed by atoms with Gasteiger partial charge in [-0.1, -0.05) is 18.6 Å². The number of piperidine rings is 1. The average molecular weight is 496 g/mol. The predicted molar refractivity (Wildman–Crippen MR) is 116 cm³/mol. The summed E-state index contributed by atoms with van der Waals surface area (Å²) in [5, 5.41) is 5.90. The second-order valence-corrected chi connectivity index (χ2v) is 9.65. The van der Waals surface area contributed by atoms with Crippen LogP contribution in [-0.4, -0.2) is 41.5 Å². The van der Waals surface area contributed by atoms with Crippen LogP contribution in [-0.2, 0) is 16.2 Å². The van der Waals surface area contributed by atoms with Gasteiger partial charge >= 0.3 is 6.18 Å². The molecule has 0 atom stereocenters. The minimum Gasteiger partial charge on any atom is -0.322 e. The minimum atomic E-state index is -5.00.